The fourth-order valence-electron chi connectivity index (χ4n) is 2.68. The van der Waals surface area contributed by atoms with Crippen molar-refractivity contribution in [3.63, 3.8) is 0 Å². The Morgan fingerprint density at radius 1 is 1.50 bits per heavy atom. The Balaban J connectivity index is 2.33. The molecule has 1 aliphatic rings. The summed E-state index contributed by atoms with van der Waals surface area (Å²) >= 11 is 0. The first-order valence-electron chi connectivity index (χ1n) is 7.25. The normalized spacial score (nSPS) is 15.9. The van der Waals surface area contributed by atoms with Gasteiger partial charge in [0.15, 0.2) is 0 Å². The molecule has 1 aromatic rings. The molecule has 0 amide bonds. The van der Waals surface area contributed by atoms with Crippen LogP contribution in [0.2, 0.25) is 0 Å². The number of ether oxygens (including phenoxy) is 1. The van der Waals surface area contributed by atoms with E-state index in [1.54, 1.807) is 7.11 Å². The number of hydrogen-bond donors (Lipinski definition) is 2. The maximum Gasteiger partial charge on any atom is 0.124 e. The summed E-state index contributed by atoms with van der Waals surface area (Å²) in [4.78, 5) is 2.34. The fourth-order valence-corrected chi connectivity index (χ4v) is 2.68. The minimum absolute atomic E-state index is 0.133. The van der Waals surface area contributed by atoms with Gasteiger partial charge in [-0.3, -0.25) is 5.41 Å². The van der Waals surface area contributed by atoms with Gasteiger partial charge in [0.1, 0.15) is 5.84 Å². The number of benzene rings is 1. The van der Waals surface area contributed by atoms with Crippen molar-refractivity contribution in [2.45, 2.75) is 32.7 Å². The van der Waals surface area contributed by atoms with Crippen LogP contribution >= 0.6 is 0 Å². The van der Waals surface area contributed by atoms with Crippen LogP contribution < -0.4 is 10.6 Å². The van der Waals surface area contributed by atoms with Gasteiger partial charge in [0, 0.05) is 30.9 Å². The first kappa shape index (κ1) is 14.9. The molecular formula is C16H25N3O. The van der Waals surface area contributed by atoms with Crippen LogP contribution in [0, 0.1) is 18.3 Å². The minimum Gasteiger partial charge on any atom is -0.384 e. The Kier molecular flexibility index (Phi) is 4.65. The molecule has 1 aliphatic carbocycles. The molecule has 0 aliphatic heterocycles. The van der Waals surface area contributed by atoms with Gasteiger partial charge < -0.3 is 15.4 Å². The number of amidine groups is 1. The zero-order valence-corrected chi connectivity index (χ0v) is 12.6. The standard InChI is InChI=1S/C16H25N3O/c1-11-4-7-15(14(10-11)16(17)18)19(8-9-20-3)12(2)13-5-6-13/h4,7,10,12-13H,5-6,8-9H2,1-3H3,(H3,17,18). The number of nitrogens with zero attached hydrogens (tertiary/aromatic N) is 1. The fraction of sp³-hybridized carbons (Fsp3) is 0.562. The Bertz CT molecular complexity index is 483. The van der Waals surface area contributed by atoms with Gasteiger partial charge in [0.2, 0.25) is 0 Å². The van der Waals surface area contributed by atoms with E-state index in [4.69, 9.17) is 15.9 Å². The molecule has 4 heteroatoms. The van der Waals surface area contributed by atoms with E-state index in [1.165, 1.54) is 12.8 Å². The number of nitrogen functional groups attached to an aromatic ring is 1. The summed E-state index contributed by atoms with van der Waals surface area (Å²) < 4.78 is 5.24. The largest absolute Gasteiger partial charge is 0.384 e. The van der Waals surface area contributed by atoms with E-state index >= 15 is 0 Å². The average Bonchev–Trinajstić information content (AvgIpc) is 3.24. The zero-order chi connectivity index (χ0) is 14.7. The topological polar surface area (TPSA) is 62.3 Å². The maximum absolute atomic E-state index is 7.83. The lowest BCUT2D eigenvalue weighted by Crippen LogP contribution is -2.38. The molecular weight excluding hydrogens is 250 g/mol. The Hall–Kier alpha value is -1.55. The predicted molar refractivity (Wildman–Crippen MR) is 83.6 cm³/mol. The highest BCUT2D eigenvalue weighted by molar-refractivity contribution is 6.00. The van der Waals surface area contributed by atoms with Crippen molar-refractivity contribution in [1.29, 1.82) is 5.41 Å². The SMILES string of the molecule is COCCN(c1ccc(C)cc1C(=N)N)C(C)C1CC1. The van der Waals surface area contributed by atoms with E-state index in [1.807, 2.05) is 13.0 Å². The van der Waals surface area contributed by atoms with E-state index in [-0.39, 0.29) is 5.84 Å². The number of rotatable bonds is 7. The third-order valence-corrected chi connectivity index (χ3v) is 4.08. The summed E-state index contributed by atoms with van der Waals surface area (Å²) in [6.45, 7) is 5.80. The van der Waals surface area contributed by atoms with Crippen LogP contribution in [0.25, 0.3) is 0 Å². The summed E-state index contributed by atoms with van der Waals surface area (Å²) in [5.41, 5.74) is 8.78. The highest BCUT2D eigenvalue weighted by Crippen LogP contribution is 2.37. The molecule has 1 saturated carbocycles. The lowest BCUT2D eigenvalue weighted by molar-refractivity contribution is 0.202. The molecule has 0 spiro atoms. The molecule has 0 aromatic heterocycles. The van der Waals surface area contributed by atoms with Crippen LogP contribution in [-0.2, 0) is 4.74 Å². The van der Waals surface area contributed by atoms with Crippen molar-refractivity contribution in [1.82, 2.24) is 0 Å². The first-order chi connectivity index (χ1) is 9.54. The van der Waals surface area contributed by atoms with Crippen molar-refractivity contribution >= 4 is 11.5 Å². The molecule has 1 fully saturated rings. The highest BCUT2D eigenvalue weighted by atomic mass is 16.5. The third-order valence-electron chi connectivity index (χ3n) is 4.08. The predicted octanol–water partition coefficient (Wildman–Crippen LogP) is 2.53. The van der Waals surface area contributed by atoms with Crippen LogP contribution in [0.1, 0.15) is 30.9 Å². The number of methoxy groups -OCH3 is 1. The smallest absolute Gasteiger partial charge is 0.124 e. The molecule has 4 nitrogen and oxygen atoms in total. The van der Waals surface area contributed by atoms with Gasteiger partial charge in [-0.15, -0.1) is 0 Å². The zero-order valence-electron chi connectivity index (χ0n) is 12.6. The van der Waals surface area contributed by atoms with Gasteiger partial charge in [-0.1, -0.05) is 11.6 Å². The van der Waals surface area contributed by atoms with E-state index in [0.717, 1.165) is 29.3 Å². The summed E-state index contributed by atoms with van der Waals surface area (Å²) in [5, 5.41) is 7.83. The van der Waals surface area contributed by atoms with Crippen molar-refractivity contribution in [3.05, 3.63) is 29.3 Å². The Morgan fingerprint density at radius 3 is 2.75 bits per heavy atom. The van der Waals surface area contributed by atoms with E-state index in [2.05, 4.69) is 24.0 Å². The van der Waals surface area contributed by atoms with Gasteiger partial charge in [-0.2, -0.15) is 0 Å². The van der Waals surface area contributed by atoms with Crippen LogP contribution in [0.15, 0.2) is 18.2 Å². The monoisotopic (exact) mass is 275 g/mol. The lowest BCUT2D eigenvalue weighted by Gasteiger charge is -2.33. The van der Waals surface area contributed by atoms with Crippen molar-refractivity contribution in [2.24, 2.45) is 11.7 Å². The molecule has 1 aromatic carbocycles. The highest BCUT2D eigenvalue weighted by Gasteiger charge is 2.32. The summed E-state index contributed by atoms with van der Waals surface area (Å²) in [7, 11) is 1.72. The van der Waals surface area contributed by atoms with Crippen LogP contribution in [0.5, 0.6) is 0 Å². The average molecular weight is 275 g/mol. The van der Waals surface area contributed by atoms with Gasteiger partial charge in [-0.05, 0) is 44.7 Å². The first-order valence-corrected chi connectivity index (χ1v) is 7.25. The second-order valence-electron chi connectivity index (χ2n) is 5.70. The summed E-state index contributed by atoms with van der Waals surface area (Å²) in [6.07, 6.45) is 2.60. The molecule has 110 valence electrons. The number of nitrogens with one attached hydrogen (secondary N) is 1. The molecule has 20 heavy (non-hydrogen) atoms. The minimum atomic E-state index is 0.133. The van der Waals surface area contributed by atoms with Crippen LogP contribution in [-0.4, -0.2) is 32.1 Å². The quantitative estimate of drug-likeness (QED) is 0.594. The van der Waals surface area contributed by atoms with Gasteiger partial charge in [0.05, 0.1) is 6.61 Å². The summed E-state index contributed by atoms with van der Waals surface area (Å²) in [6, 6.07) is 6.63. The van der Waals surface area contributed by atoms with Gasteiger partial charge >= 0.3 is 0 Å². The van der Waals surface area contributed by atoms with Gasteiger partial charge in [-0.25, -0.2) is 0 Å². The molecule has 2 rings (SSSR count). The van der Waals surface area contributed by atoms with E-state index < -0.39 is 0 Å². The number of anilines is 1. The van der Waals surface area contributed by atoms with Crippen molar-refractivity contribution in [2.75, 3.05) is 25.2 Å². The van der Waals surface area contributed by atoms with Gasteiger partial charge in [0.25, 0.3) is 0 Å². The second kappa shape index (κ2) is 6.27. The third kappa shape index (κ3) is 3.31. The molecule has 0 saturated heterocycles. The van der Waals surface area contributed by atoms with Crippen LogP contribution in [0.4, 0.5) is 5.69 Å². The Labute approximate surface area is 121 Å². The van der Waals surface area contributed by atoms with Crippen LogP contribution in [0.3, 0.4) is 0 Å². The molecule has 3 N–H and O–H groups in total. The molecule has 1 unspecified atom stereocenters. The second-order valence-corrected chi connectivity index (χ2v) is 5.70. The van der Waals surface area contributed by atoms with E-state index in [9.17, 15) is 0 Å². The molecule has 1 atom stereocenters. The Morgan fingerprint density at radius 2 is 2.20 bits per heavy atom. The lowest BCUT2D eigenvalue weighted by atomic mass is 10.0. The van der Waals surface area contributed by atoms with E-state index in [0.29, 0.717) is 12.6 Å². The molecule has 0 bridgehead atoms. The molecule has 0 radical (unpaired) electrons. The number of aryl methyl sites for hydroxylation is 1. The maximum atomic E-state index is 7.83. The summed E-state index contributed by atoms with van der Waals surface area (Å²) in [5.74, 6) is 0.891. The number of nitrogens with two attached hydrogens (primary N) is 1. The van der Waals surface area contributed by atoms with Crippen molar-refractivity contribution < 1.29 is 4.74 Å². The van der Waals surface area contributed by atoms with Crippen molar-refractivity contribution in [3.8, 4) is 0 Å². The molecule has 0 heterocycles. The number of hydrogen-bond acceptors (Lipinski definition) is 3.